The number of benzene rings is 1. The second kappa shape index (κ2) is 13.2. The van der Waals surface area contributed by atoms with Crippen molar-refractivity contribution >= 4 is 17.9 Å². The molecular weight excluding hydrogens is 422 g/mol. The molecule has 3 N–H and O–H groups in total. The van der Waals surface area contributed by atoms with E-state index in [9.17, 15) is 19.5 Å². The first-order valence-corrected chi connectivity index (χ1v) is 11.7. The van der Waals surface area contributed by atoms with Crippen LogP contribution in [0.2, 0.25) is 0 Å². The van der Waals surface area contributed by atoms with Gasteiger partial charge in [0.05, 0.1) is 6.61 Å². The predicted molar refractivity (Wildman–Crippen MR) is 129 cm³/mol. The summed E-state index contributed by atoms with van der Waals surface area (Å²) in [5.41, 5.74) is 0.819. The Morgan fingerprint density at radius 2 is 1.73 bits per heavy atom. The molecule has 1 aromatic rings. The minimum Gasteiger partial charge on any atom is -0.444 e. The van der Waals surface area contributed by atoms with Crippen molar-refractivity contribution in [2.75, 3.05) is 13.2 Å². The van der Waals surface area contributed by atoms with Crippen LogP contribution in [0.4, 0.5) is 4.79 Å². The molecule has 8 nitrogen and oxygen atoms in total. The molecule has 3 amide bonds. The number of rotatable bonds is 11. The Morgan fingerprint density at radius 3 is 2.24 bits per heavy atom. The number of ether oxygens (including phenoxy) is 1. The monoisotopic (exact) mass is 463 g/mol. The van der Waals surface area contributed by atoms with Gasteiger partial charge in [0.25, 0.3) is 0 Å². The molecule has 0 saturated heterocycles. The first kappa shape index (κ1) is 28.4. The second-order valence-corrected chi connectivity index (χ2v) is 9.54. The summed E-state index contributed by atoms with van der Waals surface area (Å²) in [5, 5.41) is 15.3. The minimum absolute atomic E-state index is 0.120. The number of aliphatic hydroxyl groups is 1. The van der Waals surface area contributed by atoms with Crippen LogP contribution in [0.3, 0.4) is 0 Å². The summed E-state index contributed by atoms with van der Waals surface area (Å²) in [5.74, 6) is -0.843. The molecule has 33 heavy (non-hydrogen) atoms. The van der Waals surface area contributed by atoms with E-state index >= 15 is 0 Å². The fraction of sp³-hybridized carbons (Fsp3) is 0.640. The third-order valence-electron chi connectivity index (χ3n) is 4.93. The molecule has 0 saturated carbocycles. The molecule has 0 aliphatic rings. The Hall–Kier alpha value is -2.61. The molecule has 8 heteroatoms. The zero-order valence-corrected chi connectivity index (χ0v) is 21.1. The van der Waals surface area contributed by atoms with Crippen molar-refractivity contribution in [3.8, 4) is 0 Å². The van der Waals surface area contributed by atoms with E-state index in [1.165, 1.54) is 4.90 Å². The lowest BCUT2D eigenvalue weighted by molar-refractivity contribution is -0.143. The molecule has 2 atom stereocenters. The van der Waals surface area contributed by atoms with Gasteiger partial charge in [-0.25, -0.2) is 4.79 Å². The molecule has 0 radical (unpaired) electrons. The lowest BCUT2D eigenvalue weighted by Crippen LogP contribution is -2.55. The van der Waals surface area contributed by atoms with E-state index in [2.05, 4.69) is 17.6 Å². The van der Waals surface area contributed by atoms with Gasteiger partial charge in [0.1, 0.15) is 17.7 Å². The van der Waals surface area contributed by atoms with Crippen molar-refractivity contribution in [1.82, 2.24) is 15.5 Å². The minimum atomic E-state index is -1.24. The molecule has 0 aliphatic carbocycles. The lowest BCUT2D eigenvalue weighted by Gasteiger charge is -2.35. The van der Waals surface area contributed by atoms with Crippen LogP contribution in [0.25, 0.3) is 0 Å². The standard InChI is InChI=1S/C25H41N3O5/c1-8-9-12-15-28(23(31)20(16-29)27-24(32)33-25(5,6)7)21(22(30)26-17(2)3)19-14-11-10-13-18(19)4/h10-11,13-14,17,20-21,29H,8-9,12,15-16H2,1-7H3,(H,26,30)(H,27,32). The van der Waals surface area contributed by atoms with Gasteiger partial charge in [0.2, 0.25) is 11.8 Å². The van der Waals surface area contributed by atoms with Gasteiger partial charge >= 0.3 is 6.09 Å². The van der Waals surface area contributed by atoms with Gasteiger partial charge in [-0.1, -0.05) is 44.0 Å². The van der Waals surface area contributed by atoms with Gasteiger partial charge in [-0.3, -0.25) is 9.59 Å². The van der Waals surface area contributed by atoms with E-state index in [0.717, 1.165) is 18.4 Å². The summed E-state index contributed by atoms with van der Waals surface area (Å²) >= 11 is 0. The van der Waals surface area contributed by atoms with Crippen molar-refractivity contribution in [2.24, 2.45) is 0 Å². The number of carbonyl (C=O) groups excluding carboxylic acids is 3. The first-order valence-electron chi connectivity index (χ1n) is 11.7. The molecule has 0 aromatic heterocycles. The van der Waals surface area contributed by atoms with Crippen LogP contribution in [0.5, 0.6) is 0 Å². The van der Waals surface area contributed by atoms with Gasteiger partial charge in [-0.2, -0.15) is 0 Å². The Kier molecular flexibility index (Phi) is 11.4. The third-order valence-corrected chi connectivity index (χ3v) is 4.93. The summed E-state index contributed by atoms with van der Waals surface area (Å²) in [6, 6.07) is 5.17. The lowest BCUT2D eigenvalue weighted by atomic mass is 9.97. The van der Waals surface area contributed by atoms with E-state index in [4.69, 9.17) is 4.74 Å². The Labute approximate surface area is 198 Å². The van der Waals surface area contributed by atoms with E-state index in [-0.39, 0.29) is 11.9 Å². The number of aryl methyl sites for hydroxylation is 1. The van der Waals surface area contributed by atoms with E-state index in [1.807, 2.05) is 45.0 Å². The van der Waals surface area contributed by atoms with Crippen LogP contribution in [-0.2, 0) is 14.3 Å². The van der Waals surface area contributed by atoms with Crippen molar-refractivity contribution < 1.29 is 24.2 Å². The molecule has 0 heterocycles. The molecule has 0 bridgehead atoms. The average molecular weight is 464 g/mol. The molecule has 2 unspecified atom stereocenters. The number of carbonyl (C=O) groups is 3. The molecular formula is C25H41N3O5. The van der Waals surface area contributed by atoms with Crippen LogP contribution in [0.1, 0.15) is 78.0 Å². The van der Waals surface area contributed by atoms with E-state index in [0.29, 0.717) is 18.5 Å². The topological polar surface area (TPSA) is 108 Å². The largest absolute Gasteiger partial charge is 0.444 e. The highest BCUT2D eigenvalue weighted by molar-refractivity contribution is 5.92. The van der Waals surface area contributed by atoms with Crippen molar-refractivity contribution in [3.05, 3.63) is 35.4 Å². The van der Waals surface area contributed by atoms with Crippen molar-refractivity contribution in [3.63, 3.8) is 0 Å². The summed E-state index contributed by atoms with van der Waals surface area (Å²) in [7, 11) is 0. The third kappa shape index (κ3) is 9.42. The van der Waals surface area contributed by atoms with Crippen molar-refractivity contribution in [1.29, 1.82) is 0 Å². The second-order valence-electron chi connectivity index (χ2n) is 9.54. The highest BCUT2D eigenvalue weighted by Gasteiger charge is 2.36. The fourth-order valence-corrected chi connectivity index (χ4v) is 3.44. The molecule has 0 fully saturated rings. The van der Waals surface area contributed by atoms with Crippen LogP contribution in [0, 0.1) is 6.92 Å². The quantitative estimate of drug-likeness (QED) is 0.436. The summed E-state index contributed by atoms with van der Waals surface area (Å²) in [4.78, 5) is 40.7. The zero-order valence-electron chi connectivity index (χ0n) is 21.1. The van der Waals surface area contributed by atoms with Gasteiger partial charge < -0.3 is 25.4 Å². The first-order chi connectivity index (χ1) is 15.4. The highest BCUT2D eigenvalue weighted by Crippen LogP contribution is 2.26. The average Bonchev–Trinajstić information content (AvgIpc) is 2.70. The zero-order chi connectivity index (χ0) is 25.2. The molecule has 0 spiro atoms. The van der Waals surface area contributed by atoms with Crippen LogP contribution in [0.15, 0.2) is 24.3 Å². The summed E-state index contributed by atoms with van der Waals surface area (Å²) < 4.78 is 5.25. The van der Waals surface area contributed by atoms with Gasteiger partial charge in [0, 0.05) is 12.6 Å². The van der Waals surface area contributed by atoms with Crippen LogP contribution >= 0.6 is 0 Å². The maximum Gasteiger partial charge on any atom is 0.408 e. The SMILES string of the molecule is CCCCCN(C(=O)C(CO)NC(=O)OC(C)(C)C)C(C(=O)NC(C)C)c1ccccc1C. The number of aliphatic hydroxyl groups excluding tert-OH is 1. The molecule has 0 aliphatic heterocycles. The molecule has 1 rings (SSSR count). The normalized spacial score (nSPS) is 13.2. The number of hydrogen-bond acceptors (Lipinski definition) is 5. The number of unbranched alkanes of at least 4 members (excludes halogenated alkanes) is 2. The summed E-state index contributed by atoms with van der Waals surface area (Å²) in [6.07, 6.45) is 1.70. The van der Waals surface area contributed by atoms with Gasteiger partial charge in [-0.05, 0) is 59.1 Å². The Balaban J connectivity index is 3.37. The van der Waals surface area contributed by atoms with Crippen molar-refractivity contribution in [2.45, 2.75) is 91.5 Å². The predicted octanol–water partition coefficient (Wildman–Crippen LogP) is 3.47. The fourth-order valence-electron chi connectivity index (χ4n) is 3.44. The molecule has 1 aromatic carbocycles. The van der Waals surface area contributed by atoms with Crippen LogP contribution in [-0.4, -0.2) is 58.8 Å². The number of amides is 3. The molecule has 186 valence electrons. The Bertz CT molecular complexity index is 788. The number of alkyl carbamates (subject to hydrolysis) is 1. The van der Waals surface area contributed by atoms with E-state index in [1.54, 1.807) is 20.8 Å². The maximum absolute atomic E-state index is 13.6. The number of hydrogen-bond donors (Lipinski definition) is 3. The van der Waals surface area contributed by atoms with Gasteiger partial charge in [-0.15, -0.1) is 0 Å². The maximum atomic E-state index is 13.6. The number of nitrogens with zero attached hydrogens (tertiary/aromatic N) is 1. The van der Waals surface area contributed by atoms with Crippen LogP contribution < -0.4 is 10.6 Å². The Morgan fingerprint density at radius 1 is 1.09 bits per heavy atom. The number of nitrogens with one attached hydrogen (secondary N) is 2. The highest BCUT2D eigenvalue weighted by atomic mass is 16.6. The van der Waals surface area contributed by atoms with E-state index < -0.39 is 36.3 Å². The van der Waals surface area contributed by atoms with Gasteiger partial charge in [0.15, 0.2) is 0 Å². The summed E-state index contributed by atoms with van der Waals surface area (Å²) in [6.45, 7) is 12.5. The smallest absolute Gasteiger partial charge is 0.408 e.